The molecule has 7 heteroatoms. The Morgan fingerprint density at radius 2 is 1.00 bits per heavy atom. The lowest BCUT2D eigenvalue weighted by Crippen LogP contribution is -1.97. The van der Waals surface area contributed by atoms with Gasteiger partial charge in [0.1, 0.15) is 0 Å². The molecule has 4 nitrogen and oxygen atoms in total. The second kappa shape index (κ2) is 5.16. The SMILES string of the molecule is O=C1C=CC(=O)C=C1.O=S(=O)(Cl)Cl. The van der Waals surface area contributed by atoms with Gasteiger partial charge in [-0.3, -0.25) is 9.59 Å². The number of allylic oxidation sites excluding steroid dienone is 4. The van der Waals surface area contributed by atoms with Crippen molar-refractivity contribution >= 4 is 41.2 Å². The number of carbonyl (C=O) groups is 2. The number of rotatable bonds is 0. The zero-order valence-corrected chi connectivity index (χ0v) is 8.43. The van der Waals surface area contributed by atoms with E-state index in [0.717, 1.165) is 0 Å². The molecule has 0 saturated carbocycles. The molecule has 0 spiro atoms. The van der Waals surface area contributed by atoms with Crippen molar-refractivity contribution in [3.05, 3.63) is 24.3 Å². The third kappa shape index (κ3) is 11.3. The molecule has 13 heavy (non-hydrogen) atoms. The van der Waals surface area contributed by atoms with Crippen molar-refractivity contribution < 1.29 is 18.0 Å². The van der Waals surface area contributed by atoms with E-state index in [-0.39, 0.29) is 11.6 Å². The second-order valence-corrected chi connectivity index (χ2v) is 5.52. The molecule has 1 aliphatic rings. The largest absolute Gasteiger partial charge is 0.317 e. The van der Waals surface area contributed by atoms with Crippen molar-refractivity contribution in [3.8, 4) is 0 Å². The molecule has 0 N–H and O–H groups in total. The molecule has 1 aliphatic carbocycles. The van der Waals surface area contributed by atoms with E-state index >= 15 is 0 Å². The van der Waals surface area contributed by atoms with Gasteiger partial charge in [0.25, 0.3) is 0 Å². The molecule has 0 unspecified atom stereocenters. The van der Waals surface area contributed by atoms with Crippen molar-refractivity contribution in [1.82, 2.24) is 0 Å². The fraction of sp³-hybridized carbons (Fsp3) is 0. The van der Waals surface area contributed by atoms with Crippen molar-refractivity contribution in [2.75, 3.05) is 0 Å². The maximum Gasteiger partial charge on any atom is 0.317 e. The van der Waals surface area contributed by atoms with Crippen LogP contribution in [0.4, 0.5) is 0 Å². The van der Waals surface area contributed by atoms with Crippen LogP contribution >= 0.6 is 21.4 Å². The second-order valence-electron chi connectivity index (χ2n) is 1.85. The first kappa shape index (κ1) is 12.3. The highest BCUT2D eigenvalue weighted by Crippen LogP contribution is 1.98. The first-order chi connectivity index (χ1) is 5.79. The third-order valence-corrected chi connectivity index (χ3v) is 0.824. The summed E-state index contributed by atoms with van der Waals surface area (Å²) in [4.78, 5) is 20.6. The number of hydrogen-bond acceptors (Lipinski definition) is 4. The average Bonchev–Trinajstić information content (AvgIpc) is 1.92. The summed E-state index contributed by atoms with van der Waals surface area (Å²) in [7, 11) is 4.81. The molecule has 0 aromatic rings. The Morgan fingerprint density at radius 3 is 1.15 bits per heavy atom. The molecule has 0 aliphatic heterocycles. The Balaban J connectivity index is 0.000000252. The lowest BCUT2D eigenvalue weighted by molar-refractivity contribution is -0.113. The molecule has 0 amide bonds. The fourth-order valence-corrected chi connectivity index (χ4v) is 0.440. The van der Waals surface area contributed by atoms with Crippen LogP contribution in [0.25, 0.3) is 0 Å². The average molecular weight is 243 g/mol. The zero-order valence-electron chi connectivity index (χ0n) is 6.11. The molecule has 0 aromatic heterocycles. The van der Waals surface area contributed by atoms with Gasteiger partial charge in [-0.2, -0.15) is 8.42 Å². The Bertz CT molecular complexity index is 320. The highest BCUT2D eigenvalue weighted by molar-refractivity contribution is 8.31. The number of hydrogen-bond donors (Lipinski definition) is 0. The van der Waals surface area contributed by atoms with Crippen LogP contribution in [0, 0.1) is 0 Å². The monoisotopic (exact) mass is 242 g/mol. The molecule has 1 rings (SSSR count). The fourth-order valence-electron chi connectivity index (χ4n) is 0.440. The Morgan fingerprint density at radius 1 is 0.846 bits per heavy atom. The van der Waals surface area contributed by atoms with Gasteiger partial charge in [-0.05, 0) is 24.3 Å². The minimum atomic E-state index is -3.72. The number of halogens is 2. The van der Waals surface area contributed by atoms with E-state index in [9.17, 15) is 9.59 Å². The molecular formula is C6H4Cl2O4S. The van der Waals surface area contributed by atoms with E-state index in [1.807, 2.05) is 0 Å². The van der Waals surface area contributed by atoms with Crippen molar-refractivity contribution in [2.45, 2.75) is 0 Å². The van der Waals surface area contributed by atoms with Gasteiger partial charge < -0.3 is 0 Å². The van der Waals surface area contributed by atoms with Gasteiger partial charge in [0.2, 0.25) is 0 Å². The summed E-state index contributed by atoms with van der Waals surface area (Å²) in [5.41, 5.74) is 0. The van der Waals surface area contributed by atoms with Gasteiger partial charge in [0.15, 0.2) is 11.6 Å². The highest BCUT2D eigenvalue weighted by Gasteiger charge is 1.97. The molecule has 0 fully saturated rings. The summed E-state index contributed by atoms with van der Waals surface area (Å²) in [6.07, 6.45) is 5.01. The topological polar surface area (TPSA) is 68.3 Å². The lowest BCUT2D eigenvalue weighted by Gasteiger charge is -1.87. The van der Waals surface area contributed by atoms with Crippen LogP contribution in [-0.2, 0) is 17.9 Å². The summed E-state index contributed by atoms with van der Waals surface area (Å²) < 4.78 is 18.3. The quantitative estimate of drug-likeness (QED) is 0.469. The van der Waals surface area contributed by atoms with Gasteiger partial charge in [0.05, 0.1) is 0 Å². The molecular weight excluding hydrogens is 239 g/mol. The molecule has 0 bridgehead atoms. The van der Waals surface area contributed by atoms with E-state index in [0.29, 0.717) is 0 Å². The van der Waals surface area contributed by atoms with Crippen LogP contribution < -0.4 is 0 Å². The molecule has 0 heterocycles. The van der Waals surface area contributed by atoms with Gasteiger partial charge in [-0.15, -0.1) is 0 Å². The van der Waals surface area contributed by atoms with E-state index < -0.39 is 8.26 Å². The third-order valence-electron chi connectivity index (χ3n) is 0.824. The summed E-state index contributed by atoms with van der Waals surface area (Å²) in [5, 5.41) is 0. The maximum atomic E-state index is 10.3. The maximum absolute atomic E-state index is 10.3. The Labute approximate surface area is 83.7 Å². The van der Waals surface area contributed by atoms with E-state index in [1.54, 1.807) is 0 Å². The molecule has 0 aromatic carbocycles. The van der Waals surface area contributed by atoms with Crippen LogP contribution in [-0.4, -0.2) is 20.0 Å². The summed E-state index contributed by atoms with van der Waals surface area (Å²) >= 11 is 0. The Kier molecular flexibility index (Phi) is 4.90. The van der Waals surface area contributed by atoms with E-state index in [4.69, 9.17) is 8.42 Å². The van der Waals surface area contributed by atoms with Gasteiger partial charge in [-0.1, -0.05) is 0 Å². The molecule has 0 atom stereocenters. The van der Waals surface area contributed by atoms with Crippen LogP contribution in [0.1, 0.15) is 0 Å². The van der Waals surface area contributed by atoms with E-state index in [1.165, 1.54) is 24.3 Å². The first-order valence-electron chi connectivity index (χ1n) is 2.87. The minimum absolute atomic E-state index is 0.121. The summed E-state index contributed by atoms with van der Waals surface area (Å²) in [6, 6.07) is 0. The van der Waals surface area contributed by atoms with Gasteiger partial charge in [-0.25, -0.2) is 0 Å². The van der Waals surface area contributed by atoms with Crippen LogP contribution in [0.2, 0.25) is 0 Å². The number of carbonyl (C=O) groups excluding carboxylic acids is 2. The van der Waals surface area contributed by atoms with Gasteiger partial charge in [0, 0.05) is 21.4 Å². The van der Waals surface area contributed by atoms with Crippen molar-refractivity contribution in [3.63, 3.8) is 0 Å². The zero-order chi connectivity index (χ0) is 10.5. The summed E-state index contributed by atoms with van der Waals surface area (Å²) in [5.74, 6) is -0.241. The predicted molar refractivity (Wildman–Crippen MR) is 48.9 cm³/mol. The van der Waals surface area contributed by atoms with Gasteiger partial charge >= 0.3 is 8.26 Å². The van der Waals surface area contributed by atoms with Crippen LogP contribution in [0.3, 0.4) is 0 Å². The molecule has 72 valence electrons. The minimum Gasteiger partial charge on any atom is -0.290 e. The van der Waals surface area contributed by atoms with Crippen LogP contribution in [0.15, 0.2) is 24.3 Å². The summed E-state index contributed by atoms with van der Waals surface area (Å²) in [6.45, 7) is 0. The van der Waals surface area contributed by atoms with Crippen LogP contribution in [0.5, 0.6) is 0 Å². The lowest BCUT2D eigenvalue weighted by atomic mass is 10.2. The van der Waals surface area contributed by atoms with Crippen molar-refractivity contribution in [1.29, 1.82) is 0 Å². The van der Waals surface area contributed by atoms with E-state index in [2.05, 4.69) is 21.4 Å². The molecule has 0 saturated heterocycles. The number of ketones is 2. The standard InChI is InChI=1S/C6H4O2.Cl2O2S/c7-5-1-2-6(8)4-3-5;1-5(2,3)4/h1-4H;. The first-order valence-corrected chi connectivity index (χ1v) is 6.01. The smallest absolute Gasteiger partial charge is 0.290 e. The highest BCUT2D eigenvalue weighted by atomic mass is 36.0. The van der Waals surface area contributed by atoms with Crippen molar-refractivity contribution in [2.24, 2.45) is 0 Å². The predicted octanol–water partition coefficient (Wildman–Crippen LogP) is 0.959. The Hall–Kier alpha value is -0.650. The normalized spacial score (nSPS) is 15.2. The molecule has 0 radical (unpaired) electrons.